The Balaban J connectivity index is 2.45. The standard InChI is InChI=1S/C14H13ClO4/c1-2-18-13(17)14(9-12(16)7-8-19-14)10-3-5-11(15)6-4-10/h3-8H,2,9H2,1H3. The molecule has 0 amide bonds. The molecule has 0 N–H and O–H groups in total. The zero-order valence-electron chi connectivity index (χ0n) is 10.4. The molecule has 2 rings (SSSR count). The van der Waals surface area contributed by atoms with Gasteiger partial charge in [-0.2, -0.15) is 0 Å². The van der Waals surface area contributed by atoms with Gasteiger partial charge < -0.3 is 9.47 Å². The molecule has 1 atom stereocenters. The van der Waals surface area contributed by atoms with E-state index in [0.29, 0.717) is 10.6 Å². The van der Waals surface area contributed by atoms with Crippen molar-refractivity contribution in [3.8, 4) is 0 Å². The van der Waals surface area contributed by atoms with Crippen LogP contribution >= 0.6 is 11.6 Å². The topological polar surface area (TPSA) is 52.6 Å². The van der Waals surface area contributed by atoms with Crippen LogP contribution in [0.5, 0.6) is 0 Å². The van der Waals surface area contributed by atoms with Crippen LogP contribution in [0.4, 0.5) is 0 Å². The van der Waals surface area contributed by atoms with Crippen molar-refractivity contribution in [1.82, 2.24) is 0 Å². The first-order chi connectivity index (χ1) is 9.08. The largest absolute Gasteiger partial charge is 0.478 e. The Morgan fingerprint density at radius 2 is 2.11 bits per heavy atom. The second kappa shape index (κ2) is 5.45. The summed E-state index contributed by atoms with van der Waals surface area (Å²) >= 11 is 5.83. The molecule has 1 unspecified atom stereocenters. The number of hydrogen-bond donors (Lipinski definition) is 0. The molecule has 0 aromatic heterocycles. The second-order valence-corrected chi connectivity index (χ2v) is 4.55. The number of hydrogen-bond acceptors (Lipinski definition) is 4. The van der Waals surface area contributed by atoms with Gasteiger partial charge in [0.15, 0.2) is 5.78 Å². The Bertz CT molecular complexity index is 521. The number of ether oxygens (including phenoxy) is 2. The number of rotatable bonds is 3. The fourth-order valence-electron chi connectivity index (χ4n) is 1.95. The average Bonchev–Trinajstić information content (AvgIpc) is 2.39. The van der Waals surface area contributed by atoms with Crippen molar-refractivity contribution in [2.45, 2.75) is 18.9 Å². The lowest BCUT2D eigenvalue weighted by Crippen LogP contribution is -2.42. The monoisotopic (exact) mass is 280 g/mol. The van der Waals surface area contributed by atoms with E-state index in [0.717, 1.165) is 0 Å². The fourth-order valence-corrected chi connectivity index (χ4v) is 2.07. The molecule has 4 nitrogen and oxygen atoms in total. The molecule has 0 fully saturated rings. The van der Waals surface area contributed by atoms with Gasteiger partial charge in [-0.3, -0.25) is 4.79 Å². The van der Waals surface area contributed by atoms with Gasteiger partial charge >= 0.3 is 5.97 Å². The molecule has 1 aromatic rings. The summed E-state index contributed by atoms with van der Waals surface area (Å²) in [6, 6.07) is 6.60. The molecule has 100 valence electrons. The Kier molecular flexibility index (Phi) is 3.90. The zero-order chi connectivity index (χ0) is 13.9. The molecule has 1 heterocycles. The van der Waals surface area contributed by atoms with Crippen molar-refractivity contribution < 1.29 is 19.1 Å². The van der Waals surface area contributed by atoms with E-state index < -0.39 is 11.6 Å². The normalized spacial score (nSPS) is 21.9. The zero-order valence-corrected chi connectivity index (χ0v) is 11.1. The lowest BCUT2D eigenvalue weighted by Gasteiger charge is -2.32. The molecule has 1 aromatic carbocycles. The fraction of sp³-hybridized carbons (Fsp3) is 0.286. The molecular weight excluding hydrogens is 268 g/mol. The van der Waals surface area contributed by atoms with Crippen LogP contribution in [0.2, 0.25) is 5.02 Å². The summed E-state index contributed by atoms with van der Waals surface area (Å²) in [6.45, 7) is 1.92. The number of benzene rings is 1. The van der Waals surface area contributed by atoms with E-state index in [9.17, 15) is 9.59 Å². The van der Waals surface area contributed by atoms with Crippen molar-refractivity contribution in [3.63, 3.8) is 0 Å². The van der Waals surface area contributed by atoms with Crippen LogP contribution in [0.15, 0.2) is 36.6 Å². The van der Waals surface area contributed by atoms with Gasteiger partial charge in [0.05, 0.1) is 19.3 Å². The van der Waals surface area contributed by atoms with Crippen molar-refractivity contribution in [1.29, 1.82) is 0 Å². The van der Waals surface area contributed by atoms with Crippen molar-refractivity contribution in [3.05, 3.63) is 47.2 Å². The summed E-state index contributed by atoms with van der Waals surface area (Å²) in [5.41, 5.74) is -0.861. The maximum Gasteiger partial charge on any atom is 0.355 e. The molecule has 0 bridgehead atoms. The smallest absolute Gasteiger partial charge is 0.355 e. The summed E-state index contributed by atoms with van der Waals surface area (Å²) < 4.78 is 10.5. The number of carbonyl (C=O) groups excluding carboxylic acids is 2. The Morgan fingerprint density at radius 3 is 2.68 bits per heavy atom. The molecule has 1 aliphatic rings. The minimum absolute atomic E-state index is 0.0794. The summed E-state index contributed by atoms with van der Waals surface area (Å²) in [6.07, 6.45) is 2.45. The minimum atomic E-state index is -1.41. The van der Waals surface area contributed by atoms with Crippen LogP contribution in [0.1, 0.15) is 18.9 Å². The van der Waals surface area contributed by atoms with Gasteiger partial charge in [-0.05, 0) is 19.1 Å². The van der Waals surface area contributed by atoms with Gasteiger partial charge in [0.1, 0.15) is 0 Å². The number of carbonyl (C=O) groups is 2. The van der Waals surface area contributed by atoms with E-state index in [1.54, 1.807) is 31.2 Å². The van der Waals surface area contributed by atoms with E-state index in [1.807, 2.05) is 0 Å². The van der Waals surface area contributed by atoms with E-state index in [4.69, 9.17) is 21.1 Å². The van der Waals surface area contributed by atoms with Gasteiger partial charge in [0, 0.05) is 16.7 Å². The molecule has 0 spiro atoms. The Hall–Kier alpha value is -1.81. The summed E-state index contributed by atoms with van der Waals surface area (Å²) in [4.78, 5) is 23.8. The molecule has 1 aliphatic heterocycles. The van der Waals surface area contributed by atoms with Gasteiger partial charge in [-0.25, -0.2) is 4.79 Å². The molecular formula is C14H13ClO4. The highest BCUT2D eigenvalue weighted by Crippen LogP contribution is 2.35. The van der Waals surface area contributed by atoms with Gasteiger partial charge in [0.2, 0.25) is 5.60 Å². The number of halogens is 1. The summed E-state index contributed by atoms with van der Waals surface area (Å²) in [5.74, 6) is -0.760. The van der Waals surface area contributed by atoms with Crippen LogP contribution < -0.4 is 0 Å². The molecule has 0 saturated carbocycles. The lowest BCUT2D eigenvalue weighted by molar-refractivity contribution is -0.170. The molecule has 5 heteroatoms. The van der Waals surface area contributed by atoms with Crippen molar-refractivity contribution >= 4 is 23.4 Å². The third kappa shape index (κ3) is 2.63. The quantitative estimate of drug-likeness (QED) is 0.799. The molecule has 0 radical (unpaired) electrons. The first-order valence-electron chi connectivity index (χ1n) is 5.89. The number of esters is 1. The van der Waals surface area contributed by atoms with Gasteiger partial charge in [-0.15, -0.1) is 0 Å². The second-order valence-electron chi connectivity index (χ2n) is 4.12. The molecule has 0 saturated heterocycles. The van der Waals surface area contributed by atoms with E-state index in [2.05, 4.69) is 0 Å². The van der Waals surface area contributed by atoms with Crippen LogP contribution in [-0.4, -0.2) is 18.4 Å². The first-order valence-corrected chi connectivity index (χ1v) is 6.27. The highest BCUT2D eigenvalue weighted by molar-refractivity contribution is 6.30. The van der Waals surface area contributed by atoms with Crippen LogP contribution in [-0.2, 0) is 24.7 Å². The van der Waals surface area contributed by atoms with Crippen molar-refractivity contribution in [2.24, 2.45) is 0 Å². The maximum absolute atomic E-state index is 12.2. The number of allylic oxidation sites excluding steroid dienone is 1. The third-order valence-electron chi connectivity index (χ3n) is 2.86. The van der Waals surface area contributed by atoms with E-state index in [1.165, 1.54) is 12.3 Å². The predicted molar refractivity (Wildman–Crippen MR) is 69.6 cm³/mol. The highest BCUT2D eigenvalue weighted by atomic mass is 35.5. The predicted octanol–water partition coefficient (Wildman–Crippen LogP) is 2.60. The van der Waals surface area contributed by atoms with Crippen LogP contribution in [0, 0.1) is 0 Å². The third-order valence-corrected chi connectivity index (χ3v) is 3.11. The summed E-state index contributed by atoms with van der Waals surface area (Å²) in [5, 5.41) is 0.542. The highest BCUT2D eigenvalue weighted by Gasteiger charge is 2.46. The Morgan fingerprint density at radius 1 is 1.42 bits per heavy atom. The first kappa shape index (κ1) is 13.6. The molecule has 0 aliphatic carbocycles. The van der Waals surface area contributed by atoms with E-state index in [-0.39, 0.29) is 18.8 Å². The molecule has 19 heavy (non-hydrogen) atoms. The summed E-state index contributed by atoms with van der Waals surface area (Å²) in [7, 11) is 0. The van der Waals surface area contributed by atoms with Gasteiger partial charge in [-0.1, -0.05) is 23.7 Å². The van der Waals surface area contributed by atoms with Crippen LogP contribution in [0.3, 0.4) is 0 Å². The van der Waals surface area contributed by atoms with Gasteiger partial charge in [0.25, 0.3) is 0 Å². The maximum atomic E-state index is 12.2. The average molecular weight is 281 g/mol. The van der Waals surface area contributed by atoms with Crippen molar-refractivity contribution in [2.75, 3.05) is 6.61 Å². The SMILES string of the molecule is CCOC(=O)C1(c2ccc(Cl)cc2)CC(=O)C=CO1. The lowest BCUT2D eigenvalue weighted by atomic mass is 9.87. The Labute approximate surface area is 116 Å². The van der Waals surface area contributed by atoms with E-state index >= 15 is 0 Å². The van der Waals surface area contributed by atoms with Crippen LogP contribution in [0.25, 0.3) is 0 Å². The number of ketones is 1. The minimum Gasteiger partial charge on any atom is -0.478 e.